The van der Waals surface area contributed by atoms with Crippen molar-refractivity contribution in [2.45, 2.75) is 32.1 Å². The molecular formula is C11H19NOS. The highest BCUT2D eigenvalue weighted by molar-refractivity contribution is 7.98. The molecular weight excluding hydrogens is 194 g/mol. The monoisotopic (exact) mass is 213 g/mol. The molecule has 0 aliphatic rings. The number of furan rings is 1. The van der Waals surface area contributed by atoms with Crippen LogP contribution in [-0.2, 0) is 12.3 Å². The molecule has 1 heterocycles. The van der Waals surface area contributed by atoms with Gasteiger partial charge in [0.1, 0.15) is 11.5 Å². The maximum atomic E-state index is 5.62. The average molecular weight is 213 g/mol. The molecule has 0 fully saturated rings. The molecule has 0 aliphatic heterocycles. The lowest BCUT2D eigenvalue weighted by Crippen LogP contribution is -2.03. The first-order chi connectivity index (χ1) is 6.86. The van der Waals surface area contributed by atoms with E-state index in [1.165, 1.54) is 18.6 Å². The topological polar surface area (TPSA) is 25.2 Å². The highest BCUT2D eigenvalue weighted by Crippen LogP contribution is 2.16. The van der Waals surface area contributed by atoms with E-state index in [4.69, 9.17) is 4.42 Å². The van der Waals surface area contributed by atoms with Crippen molar-refractivity contribution in [3.05, 3.63) is 23.7 Å². The van der Waals surface area contributed by atoms with E-state index in [2.05, 4.69) is 18.3 Å². The molecule has 1 aromatic rings. The fourth-order valence-electron chi connectivity index (χ4n) is 1.19. The quantitative estimate of drug-likeness (QED) is 0.705. The van der Waals surface area contributed by atoms with Gasteiger partial charge in [-0.05, 0) is 31.4 Å². The van der Waals surface area contributed by atoms with Gasteiger partial charge in [-0.15, -0.1) is 0 Å². The van der Waals surface area contributed by atoms with Gasteiger partial charge < -0.3 is 9.73 Å². The van der Waals surface area contributed by atoms with E-state index in [0.717, 1.165) is 23.8 Å². The van der Waals surface area contributed by atoms with Crippen LogP contribution in [0.4, 0.5) is 0 Å². The van der Waals surface area contributed by atoms with Crippen LogP contribution in [-0.4, -0.2) is 12.8 Å². The van der Waals surface area contributed by atoms with Crippen molar-refractivity contribution in [3.8, 4) is 0 Å². The Morgan fingerprint density at radius 2 is 2.14 bits per heavy atom. The molecule has 0 saturated heterocycles. The number of unbranched alkanes of at least 4 members (excludes halogenated alkanes) is 1. The first-order valence-electron chi connectivity index (χ1n) is 5.16. The van der Waals surface area contributed by atoms with Crippen molar-refractivity contribution >= 4 is 11.8 Å². The minimum Gasteiger partial charge on any atom is -0.464 e. The Morgan fingerprint density at radius 3 is 2.86 bits per heavy atom. The van der Waals surface area contributed by atoms with Crippen LogP contribution in [0.5, 0.6) is 0 Å². The molecule has 0 spiro atoms. The second-order valence-corrected chi connectivity index (χ2v) is 4.41. The summed E-state index contributed by atoms with van der Waals surface area (Å²) in [4.78, 5) is 0. The third kappa shape index (κ3) is 4.20. The van der Waals surface area contributed by atoms with E-state index in [1.54, 1.807) is 0 Å². The summed E-state index contributed by atoms with van der Waals surface area (Å²) in [6.45, 7) is 3.04. The summed E-state index contributed by atoms with van der Waals surface area (Å²) in [6, 6.07) is 4.12. The van der Waals surface area contributed by atoms with Crippen LogP contribution in [0.3, 0.4) is 0 Å². The normalized spacial score (nSPS) is 10.7. The molecule has 0 atom stereocenters. The van der Waals surface area contributed by atoms with E-state index in [9.17, 15) is 0 Å². The maximum Gasteiger partial charge on any atom is 0.117 e. The molecule has 0 amide bonds. The van der Waals surface area contributed by atoms with E-state index in [-0.39, 0.29) is 0 Å². The third-order valence-electron chi connectivity index (χ3n) is 1.95. The second kappa shape index (κ2) is 6.96. The molecule has 1 N–H and O–H groups in total. The zero-order valence-corrected chi connectivity index (χ0v) is 9.82. The smallest absolute Gasteiger partial charge is 0.117 e. The van der Waals surface area contributed by atoms with Crippen LogP contribution in [0.15, 0.2) is 16.5 Å². The van der Waals surface area contributed by atoms with Crippen molar-refractivity contribution in [1.82, 2.24) is 5.32 Å². The molecule has 0 unspecified atom stereocenters. The lowest BCUT2D eigenvalue weighted by molar-refractivity contribution is 0.469. The zero-order chi connectivity index (χ0) is 10.2. The van der Waals surface area contributed by atoms with Gasteiger partial charge >= 0.3 is 0 Å². The van der Waals surface area contributed by atoms with E-state index < -0.39 is 0 Å². The van der Waals surface area contributed by atoms with Gasteiger partial charge in [-0.25, -0.2) is 0 Å². The predicted molar refractivity (Wildman–Crippen MR) is 62.5 cm³/mol. The summed E-state index contributed by atoms with van der Waals surface area (Å²) >= 11 is 1.95. The highest BCUT2D eigenvalue weighted by Gasteiger charge is 2.00. The largest absolute Gasteiger partial charge is 0.464 e. The molecule has 1 rings (SSSR count). The first-order valence-corrected chi connectivity index (χ1v) is 6.32. The maximum absolute atomic E-state index is 5.62. The minimum absolute atomic E-state index is 0.819. The van der Waals surface area contributed by atoms with Gasteiger partial charge in [-0.3, -0.25) is 0 Å². The SMILES string of the molecule is CCCCSCc1ccc(CNC)o1. The molecule has 2 nitrogen and oxygen atoms in total. The lowest BCUT2D eigenvalue weighted by atomic mass is 10.4. The molecule has 0 radical (unpaired) electrons. The average Bonchev–Trinajstić information content (AvgIpc) is 2.61. The van der Waals surface area contributed by atoms with E-state index in [0.29, 0.717) is 0 Å². The number of hydrogen-bond acceptors (Lipinski definition) is 3. The van der Waals surface area contributed by atoms with Crippen LogP contribution >= 0.6 is 11.8 Å². The molecule has 0 aliphatic carbocycles. The van der Waals surface area contributed by atoms with Gasteiger partial charge in [0, 0.05) is 0 Å². The number of rotatable bonds is 7. The van der Waals surface area contributed by atoms with E-state index in [1.807, 2.05) is 24.9 Å². The predicted octanol–water partition coefficient (Wildman–Crippen LogP) is 3.03. The molecule has 1 aromatic heterocycles. The molecule has 3 heteroatoms. The summed E-state index contributed by atoms with van der Waals surface area (Å²) in [7, 11) is 1.93. The van der Waals surface area contributed by atoms with Crippen LogP contribution in [0, 0.1) is 0 Å². The van der Waals surface area contributed by atoms with Gasteiger partial charge in [0.05, 0.1) is 12.3 Å². The van der Waals surface area contributed by atoms with Crippen molar-refractivity contribution in [3.63, 3.8) is 0 Å². The lowest BCUT2D eigenvalue weighted by Gasteiger charge is -1.97. The van der Waals surface area contributed by atoms with E-state index >= 15 is 0 Å². The summed E-state index contributed by atoms with van der Waals surface area (Å²) in [5.74, 6) is 4.36. The van der Waals surface area contributed by atoms with Gasteiger partial charge in [0.15, 0.2) is 0 Å². The standard InChI is InChI=1S/C11H19NOS/c1-3-4-7-14-9-11-6-5-10(13-11)8-12-2/h5-6,12H,3-4,7-9H2,1-2H3. The summed E-state index contributed by atoms with van der Waals surface area (Å²) < 4.78 is 5.62. The fourth-order valence-corrected chi connectivity index (χ4v) is 2.18. The summed E-state index contributed by atoms with van der Waals surface area (Å²) in [5, 5.41) is 3.07. The first kappa shape index (κ1) is 11.7. The minimum atomic E-state index is 0.819. The third-order valence-corrected chi connectivity index (χ3v) is 3.02. The Hall–Kier alpha value is -0.410. The second-order valence-electron chi connectivity index (χ2n) is 3.30. The molecule has 0 bridgehead atoms. The Balaban J connectivity index is 2.22. The Bertz CT molecular complexity index is 247. The number of thioether (sulfide) groups is 1. The van der Waals surface area contributed by atoms with Gasteiger partial charge in [0.2, 0.25) is 0 Å². The fraction of sp³-hybridized carbons (Fsp3) is 0.636. The van der Waals surface area contributed by atoms with Crippen molar-refractivity contribution < 1.29 is 4.42 Å². The molecule has 14 heavy (non-hydrogen) atoms. The number of hydrogen-bond donors (Lipinski definition) is 1. The van der Waals surface area contributed by atoms with Crippen molar-refractivity contribution in [1.29, 1.82) is 0 Å². The number of nitrogens with one attached hydrogen (secondary N) is 1. The van der Waals surface area contributed by atoms with Crippen LogP contribution in [0.1, 0.15) is 31.3 Å². The van der Waals surface area contributed by atoms with Gasteiger partial charge in [-0.1, -0.05) is 13.3 Å². The summed E-state index contributed by atoms with van der Waals surface area (Å²) in [6.07, 6.45) is 2.57. The highest BCUT2D eigenvalue weighted by atomic mass is 32.2. The van der Waals surface area contributed by atoms with Crippen LogP contribution < -0.4 is 5.32 Å². The van der Waals surface area contributed by atoms with Crippen molar-refractivity contribution in [2.24, 2.45) is 0 Å². The van der Waals surface area contributed by atoms with Crippen LogP contribution in [0.2, 0.25) is 0 Å². The van der Waals surface area contributed by atoms with Gasteiger partial charge in [-0.2, -0.15) is 11.8 Å². The molecule has 80 valence electrons. The summed E-state index contributed by atoms with van der Waals surface area (Å²) in [5.41, 5.74) is 0. The zero-order valence-electron chi connectivity index (χ0n) is 9.01. The van der Waals surface area contributed by atoms with Crippen LogP contribution in [0.25, 0.3) is 0 Å². The Labute approximate surface area is 90.5 Å². The Morgan fingerprint density at radius 1 is 1.36 bits per heavy atom. The molecule has 0 saturated carbocycles. The van der Waals surface area contributed by atoms with Crippen molar-refractivity contribution in [2.75, 3.05) is 12.8 Å². The van der Waals surface area contributed by atoms with Gasteiger partial charge in [0.25, 0.3) is 0 Å². The molecule has 0 aromatic carbocycles. The Kier molecular flexibility index (Phi) is 5.80.